The van der Waals surface area contributed by atoms with Gasteiger partial charge in [-0.1, -0.05) is 59.8 Å². The predicted octanol–water partition coefficient (Wildman–Crippen LogP) is 6.29. The van der Waals surface area contributed by atoms with E-state index >= 15 is 0 Å². The van der Waals surface area contributed by atoms with Gasteiger partial charge in [0.1, 0.15) is 5.75 Å². The molecule has 0 aromatic heterocycles. The molecule has 1 N–H and O–H groups in total. The van der Waals surface area contributed by atoms with Crippen molar-refractivity contribution >= 4 is 19.8 Å². The molecule has 0 atom stereocenters. The minimum absolute atomic E-state index is 0.195. The highest BCUT2D eigenvalue weighted by Gasteiger charge is 2.47. The first-order valence-electron chi connectivity index (χ1n) is 9.57. The molecule has 1 aromatic carbocycles. The van der Waals surface area contributed by atoms with Crippen molar-refractivity contribution in [2.45, 2.75) is 77.4 Å². The van der Waals surface area contributed by atoms with E-state index in [0.717, 1.165) is 24.3 Å². The Kier molecular flexibility index (Phi) is 6.50. The Morgan fingerprint density at radius 3 is 2.16 bits per heavy atom. The second-order valence-electron chi connectivity index (χ2n) is 7.97. The molecule has 4 heteroatoms. The summed E-state index contributed by atoms with van der Waals surface area (Å²) in [5.74, 6) is 1.07. The smallest absolute Gasteiger partial charge is 0.258 e. The standard InChI is InChI=1S/C21H33NO2Si/c1-15(2)25(16(3)4,17(5)6)24-21-14-10-8-12-19(21)22-18-11-7-9-13-20(18)23/h8,10-12,14-17,22H,7,9,13H2,1-6H3. The van der Waals surface area contributed by atoms with Crippen LogP contribution in [0.4, 0.5) is 5.69 Å². The molecule has 0 bridgehead atoms. The molecule has 0 aliphatic heterocycles. The first-order valence-corrected chi connectivity index (χ1v) is 11.7. The minimum atomic E-state index is -2.03. The quantitative estimate of drug-likeness (QED) is 0.581. The highest BCUT2D eigenvalue weighted by molar-refractivity contribution is 6.78. The first-order chi connectivity index (χ1) is 11.8. The zero-order chi connectivity index (χ0) is 18.6. The molecule has 0 spiro atoms. The van der Waals surface area contributed by atoms with E-state index in [4.69, 9.17) is 4.43 Å². The van der Waals surface area contributed by atoms with Crippen molar-refractivity contribution in [2.24, 2.45) is 0 Å². The van der Waals surface area contributed by atoms with Gasteiger partial charge >= 0.3 is 0 Å². The van der Waals surface area contributed by atoms with E-state index in [9.17, 15) is 4.79 Å². The van der Waals surface area contributed by atoms with E-state index in [1.54, 1.807) is 0 Å². The third-order valence-corrected chi connectivity index (χ3v) is 11.4. The molecule has 0 heterocycles. The Morgan fingerprint density at radius 1 is 1.00 bits per heavy atom. The van der Waals surface area contributed by atoms with Gasteiger partial charge in [-0.25, -0.2) is 0 Å². The summed E-state index contributed by atoms with van der Waals surface area (Å²) >= 11 is 0. The number of nitrogens with one attached hydrogen (secondary N) is 1. The van der Waals surface area contributed by atoms with Gasteiger partial charge in [-0.15, -0.1) is 0 Å². The zero-order valence-corrected chi connectivity index (χ0v) is 17.6. The maximum Gasteiger partial charge on any atom is 0.258 e. The van der Waals surface area contributed by atoms with E-state index in [-0.39, 0.29) is 5.78 Å². The Balaban J connectivity index is 2.36. The van der Waals surface area contributed by atoms with Gasteiger partial charge in [-0.05, 0) is 41.6 Å². The van der Waals surface area contributed by atoms with E-state index in [1.807, 2.05) is 30.3 Å². The summed E-state index contributed by atoms with van der Waals surface area (Å²) in [5.41, 5.74) is 3.15. The number of para-hydroxylation sites is 2. The SMILES string of the molecule is CC(C)[Si](Oc1ccccc1NC1=CCCCC1=O)(C(C)C)C(C)C. The van der Waals surface area contributed by atoms with Gasteiger partial charge in [0, 0.05) is 6.42 Å². The molecule has 0 fully saturated rings. The third kappa shape index (κ3) is 4.17. The van der Waals surface area contributed by atoms with Gasteiger partial charge in [-0.3, -0.25) is 4.79 Å². The summed E-state index contributed by atoms with van der Waals surface area (Å²) < 4.78 is 6.83. The lowest BCUT2D eigenvalue weighted by atomic mass is 10.0. The molecule has 138 valence electrons. The number of benzene rings is 1. The van der Waals surface area contributed by atoms with Crippen LogP contribution in [-0.2, 0) is 4.79 Å². The maximum absolute atomic E-state index is 12.2. The van der Waals surface area contributed by atoms with Crippen LogP contribution < -0.4 is 9.74 Å². The van der Waals surface area contributed by atoms with Crippen molar-refractivity contribution in [2.75, 3.05) is 5.32 Å². The number of carbonyl (C=O) groups is 1. The van der Waals surface area contributed by atoms with Crippen LogP contribution in [0.3, 0.4) is 0 Å². The number of rotatable bonds is 7. The molecule has 0 amide bonds. The van der Waals surface area contributed by atoms with E-state index < -0.39 is 8.32 Å². The topological polar surface area (TPSA) is 38.3 Å². The van der Waals surface area contributed by atoms with Crippen LogP contribution in [0.2, 0.25) is 16.6 Å². The summed E-state index contributed by atoms with van der Waals surface area (Å²) in [6.07, 6.45) is 4.55. The average molecular weight is 360 g/mol. The molecular weight excluding hydrogens is 326 g/mol. The summed E-state index contributed by atoms with van der Waals surface area (Å²) in [4.78, 5) is 12.2. The Labute approximate surface area is 154 Å². The molecule has 2 rings (SSSR count). The largest absolute Gasteiger partial charge is 0.541 e. The highest BCUT2D eigenvalue weighted by atomic mass is 28.4. The molecule has 25 heavy (non-hydrogen) atoms. The Morgan fingerprint density at radius 2 is 1.60 bits per heavy atom. The van der Waals surface area contributed by atoms with Crippen LogP contribution in [0.1, 0.15) is 60.8 Å². The van der Waals surface area contributed by atoms with Gasteiger partial charge in [-0.2, -0.15) is 0 Å². The van der Waals surface area contributed by atoms with Gasteiger partial charge < -0.3 is 9.74 Å². The highest BCUT2D eigenvalue weighted by Crippen LogP contribution is 2.44. The van der Waals surface area contributed by atoms with E-state index in [0.29, 0.717) is 28.7 Å². The molecule has 0 saturated carbocycles. The summed E-state index contributed by atoms with van der Waals surface area (Å²) in [6, 6.07) is 8.05. The third-order valence-electron chi connectivity index (χ3n) is 5.41. The second kappa shape index (κ2) is 8.22. The number of hydrogen-bond donors (Lipinski definition) is 1. The van der Waals surface area contributed by atoms with Crippen LogP contribution in [0.5, 0.6) is 5.75 Å². The van der Waals surface area contributed by atoms with Crippen molar-refractivity contribution in [3.63, 3.8) is 0 Å². The van der Waals surface area contributed by atoms with Crippen LogP contribution in [0.15, 0.2) is 36.0 Å². The maximum atomic E-state index is 12.2. The van der Waals surface area contributed by atoms with Gasteiger partial charge in [0.15, 0.2) is 5.78 Å². The van der Waals surface area contributed by atoms with Crippen molar-refractivity contribution < 1.29 is 9.22 Å². The molecule has 0 unspecified atom stereocenters. The predicted molar refractivity (Wildman–Crippen MR) is 109 cm³/mol. The van der Waals surface area contributed by atoms with E-state index in [1.165, 1.54) is 0 Å². The second-order valence-corrected chi connectivity index (χ2v) is 13.3. The Hall–Kier alpha value is -1.55. The van der Waals surface area contributed by atoms with Crippen LogP contribution in [0.25, 0.3) is 0 Å². The summed E-state index contributed by atoms with van der Waals surface area (Å²) in [5, 5.41) is 3.35. The molecular formula is C21H33NO2Si. The molecule has 3 nitrogen and oxygen atoms in total. The summed E-state index contributed by atoms with van der Waals surface area (Å²) in [7, 11) is -2.03. The molecule has 1 aliphatic rings. The minimum Gasteiger partial charge on any atom is -0.541 e. The number of allylic oxidation sites excluding steroid dienone is 2. The lowest BCUT2D eigenvalue weighted by Crippen LogP contribution is -2.50. The fourth-order valence-corrected chi connectivity index (χ4v) is 9.49. The number of hydrogen-bond acceptors (Lipinski definition) is 3. The van der Waals surface area contributed by atoms with Crippen LogP contribution in [0, 0.1) is 0 Å². The van der Waals surface area contributed by atoms with Gasteiger partial charge in [0.2, 0.25) is 0 Å². The normalized spacial score (nSPS) is 15.7. The molecule has 1 aliphatic carbocycles. The van der Waals surface area contributed by atoms with Crippen molar-refractivity contribution in [3.8, 4) is 5.75 Å². The number of anilines is 1. The number of Topliss-reactive ketones (excluding diaryl/α,β-unsaturated/α-hetero) is 1. The Bertz CT molecular complexity index is 613. The van der Waals surface area contributed by atoms with Crippen molar-refractivity contribution in [1.29, 1.82) is 0 Å². The molecule has 0 radical (unpaired) electrons. The van der Waals surface area contributed by atoms with Crippen molar-refractivity contribution in [3.05, 3.63) is 36.0 Å². The van der Waals surface area contributed by atoms with Crippen molar-refractivity contribution in [1.82, 2.24) is 0 Å². The van der Waals surface area contributed by atoms with Gasteiger partial charge in [0.25, 0.3) is 8.32 Å². The fourth-order valence-electron chi connectivity index (χ4n) is 4.23. The first kappa shape index (κ1) is 19.8. The van der Waals surface area contributed by atoms with Crippen LogP contribution >= 0.6 is 0 Å². The fraction of sp³-hybridized carbons (Fsp3) is 0.571. The zero-order valence-electron chi connectivity index (χ0n) is 16.6. The summed E-state index contributed by atoms with van der Waals surface area (Å²) in [6.45, 7) is 13.7. The van der Waals surface area contributed by atoms with E-state index in [2.05, 4.69) is 46.9 Å². The lowest BCUT2D eigenvalue weighted by Gasteiger charge is -2.42. The van der Waals surface area contributed by atoms with Gasteiger partial charge in [0.05, 0.1) is 11.4 Å². The molecule has 1 aromatic rings. The van der Waals surface area contributed by atoms with Crippen LogP contribution in [-0.4, -0.2) is 14.1 Å². The number of ketones is 1. The number of carbonyl (C=O) groups excluding carboxylic acids is 1. The lowest BCUT2D eigenvalue weighted by molar-refractivity contribution is -0.115. The molecule has 0 saturated heterocycles. The average Bonchev–Trinajstić information content (AvgIpc) is 2.55. The monoisotopic (exact) mass is 359 g/mol.